The summed E-state index contributed by atoms with van der Waals surface area (Å²) in [7, 11) is -4.37. The van der Waals surface area contributed by atoms with E-state index in [2.05, 4.69) is 15.3 Å². The molecule has 1 aromatic heterocycles. The zero-order chi connectivity index (χ0) is 27.4. The van der Waals surface area contributed by atoms with E-state index in [9.17, 15) is 23.1 Å². The summed E-state index contributed by atoms with van der Waals surface area (Å²) in [4.78, 5) is 31.8. The van der Waals surface area contributed by atoms with Crippen molar-refractivity contribution in [3.05, 3.63) is 94.2 Å². The van der Waals surface area contributed by atoms with Gasteiger partial charge in [-0.1, -0.05) is 42.0 Å². The summed E-state index contributed by atoms with van der Waals surface area (Å²) < 4.78 is 31.5. The number of aromatic amines is 1. The van der Waals surface area contributed by atoms with Crippen molar-refractivity contribution in [1.29, 1.82) is 0 Å². The van der Waals surface area contributed by atoms with Crippen molar-refractivity contribution in [2.45, 2.75) is 16.7 Å². The van der Waals surface area contributed by atoms with Gasteiger partial charge in [0.1, 0.15) is 6.54 Å². The third-order valence-electron chi connectivity index (χ3n) is 5.64. The Morgan fingerprint density at radius 3 is 2.42 bits per heavy atom. The number of aliphatic imine (C=N–C) groups is 1. The maximum atomic E-state index is 12.7. The lowest BCUT2D eigenvalue weighted by Crippen LogP contribution is -2.17. The molecule has 1 atom stereocenters. The number of carbonyl (C=O) groups is 2. The fourth-order valence-electron chi connectivity index (χ4n) is 3.85. The summed E-state index contributed by atoms with van der Waals surface area (Å²) in [6, 6.07) is 11.4. The number of allylic oxidation sites excluding steroid dienone is 4. The molecular formula is C26H21Cl2N3O6S. The number of aromatic hydroxyl groups is 1. The van der Waals surface area contributed by atoms with Crippen molar-refractivity contribution in [1.82, 2.24) is 4.98 Å². The number of alkyl halides is 1. The van der Waals surface area contributed by atoms with Gasteiger partial charge in [-0.15, -0.1) is 11.6 Å². The van der Waals surface area contributed by atoms with Crippen LogP contribution in [0.15, 0.2) is 76.6 Å². The average Bonchev–Trinajstić information content (AvgIpc) is 3.21. The van der Waals surface area contributed by atoms with E-state index in [0.29, 0.717) is 34.6 Å². The maximum Gasteiger partial charge on any atom is 0.294 e. The lowest BCUT2D eigenvalue weighted by molar-refractivity contribution is -0.114. The standard InChI is InChI=1S/C26H21Cl2N3O6S/c27-17-5-1-15(2-6-17)24-21(14-32)23(26(34)31-24)25(16-3-7-18(28)8-4-16)29-13-22(33)30-19-9-11-20(12-10-19)38(35,36)37/h1-5,7-12,14,17,31,34H,6,13H2,(H,30,33)(H,35,36,37). The van der Waals surface area contributed by atoms with E-state index in [0.717, 1.165) is 12.1 Å². The second-order valence-corrected chi connectivity index (χ2v) is 10.7. The fourth-order valence-corrected chi connectivity index (χ4v) is 4.62. The number of H-pyrrole nitrogens is 1. The number of carbonyl (C=O) groups excluding carboxylic acids is 2. The van der Waals surface area contributed by atoms with Crippen molar-refractivity contribution in [2.24, 2.45) is 4.99 Å². The van der Waals surface area contributed by atoms with Crippen molar-refractivity contribution in [3.63, 3.8) is 0 Å². The van der Waals surface area contributed by atoms with E-state index >= 15 is 0 Å². The van der Waals surface area contributed by atoms with Crippen LogP contribution in [0.4, 0.5) is 5.69 Å². The molecule has 1 amide bonds. The highest BCUT2D eigenvalue weighted by atomic mass is 35.5. The van der Waals surface area contributed by atoms with Gasteiger partial charge in [-0.3, -0.25) is 19.1 Å². The van der Waals surface area contributed by atoms with Crippen LogP contribution in [0.5, 0.6) is 5.88 Å². The Morgan fingerprint density at radius 1 is 1.16 bits per heavy atom. The highest BCUT2D eigenvalue weighted by Gasteiger charge is 2.25. The van der Waals surface area contributed by atoms with Gasteiger partial charge in [0, 0.05) is 16.3 Å². The molecule has 1 aliphatic carbocycles. The summed E-state index contributed by atoms with van der Waals surface area (Å²) >= 11 is 12.1. The molecule has 38 heavy (non-hydrogen) atoms. The third-order valence-corrected chi connectivity index (χ3v) is 7.09. The lowest BCUT2D eigenvalue weighted by atomic mass is 9.96. The maximum absolute atomic E-state index is 12.7. The minimum absolute atomic E-state index is 0.116. The van der Waals surface area contributed by atoms with Gasteiger partial charge in [0.2, 0.25) is 5.91 Å². The number of benzene rings is 2. The van der Waals surface area contributed by atoms with E-state index in [1.165, 1.54) is 12.1 Å². The van der Waals surface area contributed by atoms with Crippen LogP contribution in [-0.4, -0.2) is 52.9 Å². The summed E-state index contributed by atoms with van der Waals surface area (Å²) in [5.74, 6) is -0.857. The number of anilines is 1. The van der Waals surface area contributed by atoms with Crippen molar-refractivity contribution < 1.29 is 27.7 Å². The van der Waals surface area contributed by atoms with E-state index < -0.39 is 22.6 Å². The number of halogens is 2. The minimum atomic E-state index is -4.37. The van der Waals surface area contributed by atoms with Gasteiger partial charge in [0.25, 0.3) is 10.1 Å². The molecule has 1 heterocycles. The first-order valence-corrected chi connectivity index (χ1v) is 13.4. The zero-order valence-corrected chi connectivity index (χ0v) is 21.9. The molecule has 0 aliphatic heterocycles. The van der Waals surface area contributed by atoms with Crippen LogP contribution >= 0.6 is 23.2 Å². The molecule has 4 N–H and O–H groups in total. The van der Waals surface area contributed by atoms with E-state index in [1.54, 1.807) is 36.4 Å². The predicted octanol–water partition coefficient (Wildman–Crippen LogP) is 4.86. The molecule has 0 bridgehead atoms. The normalized spacial score (nSPS) is 15.7. The number of rotatable bonds is 8. The first-order chi connectivity index (χ1) is 18.1. The number of amides is 1. The molecular weight excluding hydrogens is 553 g/mol. The summed E-state index contributed by atoms with van der Waals surface area (Å²) in [5, 5.41) is 13.7. The summed E-state index contributed by atoms with van der Waals surface area (Å²) in [6.07, 6.45) is 6.53. The first kappa shape index (κ1) is 27.3. The Balaban J connectivity index is 1.68. The molecule has 2 aromatic carbocycles. The van der Waals surface area contributed by atoms with Crippen LogP contribution in [0.3, 0.4) is 0 Å². The van der Waals surface area contributed by atoms with Crippen molar-refractivity contribution in [2.75, 3.05) is 11.9 Å². The number of nitrogens with one attached hydrogen (secondary N) is 2. The van der Waals surface area contributed by atoms with E-state index in [1.807, 2.05) is 6.08 Å². The first-order valence-electron chi connectivity index (χ1n) is 11.2. The molecule has 9 nitrogen and oxygen atoms in total. The van der Waals surface area contributed by atoms with Crippen LogP contribution < -0.4 is 5.32 Å². The highest BCUT2D eigenvalue weighted by Crippen LogP contribution is 2.33. The molecule has 196 valence electrons. The van der Waals surface area contributed by atoms with Gasteiger partial charge in [0.15, 0.2) is 12.2 Å². The van der Waals surface area contributed by atoms with Crippen LogP contribution in [0.25, 0.3) is 5.57 Å². The molecule has 0 saturated carbocycles. The number of nitrogens with zero attached hydrogens (tertiary/aromatic N) is 1. The predicted molar refractivity (Wildman–Crippen MR) is 146 cm³/mol. The molecule has 12 heteroatoms. The fraction of sp³-hybridized carbons (Fsp3) is 0.115. The van der Waals surface area contributed by atoms with Gasteiger partial charge in [-0.25, -0.2) is 0 Å². The average molecular weight is 574 g/mol. The monoisotopic (exact) mass is 573 g/mol. The molecule has 0 radical (unpaired) electrons. The van der Waals surface area contributed by atoms with Gasteiger partial charge in [-0.05, 0) is 48.4 Å². The van der Waals surface area contributed by atoms with Gasteiger partial charge >= 0.3 is 0 Å². The van der Waals surface area contributed by atoms with Crippen molar-refractivity contribution in [3.8, 4) is 5.88 Å². The topological polar surface area (TPSA) is 149 Å². The van der Waals surface area contributed by atoms with Gasteiger partial charge in [0.05, 0.1) is 32.8 Å². The van der Waals surface area contributed by atoms with E-state index in [4.69, 9.17) is 27.8 Å². The Bertz CT molecular complexity index is 1570. The molecule has 0 spiro atoms. The van der Waals surface area contributed by atoms with Crippen LogP contribution in [0.2, 0.25) is 5.02 Å². The summed E-state index contributed by atoms with van der Waals surface area (Å²) in [5.41, 5.74) is 2.28. The Hall–Kier alpha value is -3.70. The van der Waals surface area contributed by atoms with E-state index in [-0.39, 0.29) is 38.7 Å². The number of hydrogen-bond acceptors (Lipinski definition) is 6. The van der Waals surface area contributed by atoms with Crippen LogP contribution in [0.1, 0.15) is 33.6 Å². The molecule has 3 aromatic rings. The third kappa shape index (κ3) is 6.22. The largest absolute Gasteiger partial charge is 0.494 e. The second-order valence-electron chi connectivity index (χ2n) is 8.24. The minimum Gasteiger partial charge on any atom is -0.494 e. The Kier molecular flexibility index (Phi) is 8.17. The van der Waals surface area contributed by atoms with Gasteiger partial charge < -0.3 is 15.4 Å². The van der Waals surface area contributed by atoms with Crippen LogP contribution in [0, 0.1) is 0 Å². The van der Waals surface area contributed by atoms with Gasteiger partial charge in [-0.2, -0.15) is 8.42 Å². The quantitative estimate of drug-likeness (QED) is 0.131. The molecule has 1 aliphatic rings. The summed E-state index contributed by atoms with van der Waals surface area (Å²) in [6.45, 7) is -0.396. The number of aromatic nitrogens is 1. The molecule has 1 unspecified atom stereocenters. The number of hydrogen-bond donors (Lipinski definition) is 4. The molecule has 4 rings (SSSR count). The Labute approximate surface area is 228 Å². The van der Waals surface area contributed by atoms with Crippen molar-refractivity contribution >= 4 is 62.5 Å². The molecule has 0 fully saturated rings. The molecule has 0 saturated heterocycles. The zero-order valence-electron chi connectivity index (χ0n) is 19.6. The second kappa shape index (κ2) is 11.4. The lowest BCUT2D eigenvalue weighted by Gasteiger charge is -2.11. The number of aldehydes is 1. The van der Waals surface area contributed by atoms with Crippen LogP contribution in [-0.2, 0) is 14.9 Å². The Morgan fingerprint density at radius 2 is 1.84 bits per heavy atom. The highest BCUT2D eigenvalue weighted by molar-refractivity contribution is 7.85. The smallest absolute Gasteiger partial charge is 0.294 e. The SMILES string of the molecule is O=Cc1c(C2=CCC(Cl)C=C2)[nH]c(O)c1C(=NCC(=O)Nc1ccc(S(=O)(=O)O)cc1)c1ccc(Cl)cc1.